The summed E-state index contributed by atoms with van der Waals surface area (Å²) in [6, 6.07) is 19.0. The Morgan fingerprint density at radius 1 is 0.889 bits per heavy atom. The van der Waals surface area contributed by atoms with Crippen molar-refractivity contribution in [2.24, 2.45) is 0 Å². The molecule has 0 radical (unpaired) electrons. The average molecular weight is 234 g/mol. The molecule has 90 valence electrons. The van der Waals surface area contributed by atoms with Gasteiger partial charge in [0.25, 0.3) is 0 Å². The molecule has 2 rings (SSSR count). The van der Waals surface area contributed by atoms with Crippen LogP contribution in [0.2, 0.25) is 0 Å². The van der Waals surface area contributed by atoms with E-state index >= 15 is 0 Å². The molecule has 0 atom stereocenters. The molecule has 2 aromatic rings. The summed E-state index contributed by atoms with van der Waals surface area (Å²) in [5.41, 5.74) is 5.03. The van der Waals surface area contributed by atoms with Gasteiger partial charge in [0, 0.05) is 0 Å². The van der Waals surface area contributed by atoms with Crippen molar-refractivity contribution in [2.45, 2.75) is 13.8 Å². The van der Waals surface area contributed by atoms with Crippen molar-refractivity contribution >= 4 is 11.6 Å². The van der Waals surface area contributed by atoms with Gasteiger partial charge in [-0.05, 0) is 30.5 Å². The summed E-state index contributed by atoms with van der Waals surface area (Å²) in [7, 11) is 0. The summed E-state index contributed by atoms with van der Waals surface area (Å²) in [5.74, 6) is 0. The first-order valence-electron chi connectivity index (χ1n) is 6.26. The smallest absolute Gasteiger partial charge is 0.0187 e. The minimum Gasteiger partial charge on any atom is -0.0798 e. The summed E-state index contributed by atoms with van der Waals surface area (Å²) >= 11 is 0. The molecule has 0 aromatic heterocycles. The van der Waals surface area contributed by atoms with Gasteiger partial charge in [0.1, 0.15) is 0 Å². The van der Waals surface area contributed by atoms with Crippen LogP contribution >= 0.6 is 0 Å². The highest BCUT2D eigenvalue weighted by atomic mass is 14.0. The first kappa shape index (κ1) is 12.4. The molecule has 0 heteroatoms. The van der Waals surface area contributed by atoms with Crippen molar-refractivity contribution in [3.63, 3.8) is 0 Å². The topological polar surface area (TPSA) is 0 Å². The predicted molar refractivity (Wildman–Crippen MR) is 80.3 cm³/mol. The Balaban J connectivity index is 2.21. The van der Waals surface area contributed by atoms with Crippen molar-refractivity contribution in [1.82, 2.24) is 0 Å². The number of allylic oxidation sites excluding steroid dienone is 3. The van der Waals surface area contributed by atoms with Gasteiger partial charge in [-0.15, -0.1) is 0 Å². The van der Waals surface area contributed by atoms with Crippen LogP contribution in [-0.2, 0) is 0 Å². The van der Waals surface area contributed by atoms with E-state index in [1.54, 1.807) is 0 Å². The molecule has 0 spiro atoms. The minimum atomic E-state index is 1.23. The van der Waals surface area contributed by atoms with E-state index in [0.717, 1.165) is 0 Å². The lowest BCUT2D eigenvalue weighted by atomic mass is 10.0. The Bertz CT molecular complexity index is 542. The van der Waals surface area contributed by atoms with Gasteiger partial charge in [-0.2, -0.15) is 0 Å². The minimum absolute atomic E-state index is 1.23. The maximum Gasteiger partial charge on any atom is -0.0187 e. The second-order valence-electron chi connectivity index (χ2n) is 4.35. The van der Waals surface area contributed by atoms with Crippen LogP contribution in [0.25, 0.3) is 11.6 Å². The zero-order valence-corrected chi connectivity index (χ0v) is 10.9. The maximum atomic E-state index is 2.17. The zero-order valence-electron chi connectivity index (χ0n) is 10.9. The lowest BCUT2D eigenvalue weighted by Gasteiger charge is -2.02. The van der Waals surface area contributed by atoms with Gasteiger partial charge >= 0.3 is 0 Å². The van der Waals surface area contributed by atoms with E-state index in [9.17, 15) is 0 Å². The molecule has 0 aliphatic carbocycles. The third-order valence-electron chi connectivity index (χ3n) is 2.95. The Morgan fingerprint density at radius 2 is 1.56 bits per heavy atom. The van der Waals surface area contributed by atoms with E-state index in [2.05, 4.69) is 80.6 Å². The van der Waals surface area contributed by atoms with E-state index < -0.39 is 0 Å². The van der Waals surface area contributed by atoms with E-state index in [-0.39, 0.29) is 0 Å². The molecular weight excluding hydrogens is 216 g/mol. The highest BCUT2D eigenvalue weighted by Crippen LogP contribution is 2.17. The van der Waals surface area contributed by atoms with Crippen molar-refractivity contribution < 1.29 is 0 Å². The normalized spacial score (nSPS) is 12.0. The lowest BCUT2D eigenvalue weighted by molar-refractivity contribution is 1.45. The number of rotatable bonds is 3. The molecule has 0 saturated carbocycles. The molecule has 0 unspecified atom stereocenters. The molecule has 2 aromatic carbocycles. The maximum absolute atomic E-state index is 2.17. The van der Waals surface area contributed by atoms with Crippen LogP contribution in [0.5, 0.6) is 0 Å². The van der Waals surface area contributed by atoms with Gasteiger partial charge in [-0.1, -0.05) is 78.4 Å². The summed E-state index contributed by atoms with van der Waals surface area (Å²) in [6.45, 7) is 4.18. The molecule has 0 amide bonds. The third-order valence-corrected chi connectivity index (χ3v) is 2.95. The van der Waals surface area contributed by atoms with Gasteiger partial charge < -0.3 is 0 Å². The number of aryl methyl sites for hydroxylation is 1. The van der Waals surface area contributed by atoms with Crippen LogP contribution in [0, 0.1) is 6.92 Å². The monoisotopic (exact) mass is 234 g/mol. The van der Waals surface area contributed by atoms with Crippen LogP contribution in [0.3, 0.4) is 0 Å². The van der Waals surface area contributed by atoms with Crippen LogP contribution in [0.15, 0.2) is 66.7 Å². The van der Waals surface area contributed by atoms with E-state index in [1.165, 1.54) is 22.3 Å². The van der Waals surface area contributed by atoms with Gasteiger partial charge in [-0.25, -0.2) is 0 Å². The summed E-state index contributed by atoms with van der Waals surface area (Å²) in [4.78, 5) is 0. The van der Waals surface area contributed by atoms with E-state index in [4.69, 9.17) is 0 Å². The van der Waals surface area contributed by atoms with Gasteiger partial charge in [0.05, 0.1) is 0 Å². The number of benzene rings is 2. The molecule has 0 saturated heterocycles. The second-order valence-corrected chi connectivity index (χ2v) is 4.35. The standard InChI is InChI=1S/C18H18/c1-3-17(18-12-9-15(2)10-13-18)14-11-16-7-5-4-6-8-16/h3-14H,1-2H3/b14-11-,17-3+. The molecule has 18 heavy (non-hydrogen) atoms. The van der Waals surface area contributed by atoms with E-state index in [0.29, 0.717) is 0 Å². The van der Waals surface area contributed by atoms with Crippen LogP contribution in [0.1, 0.15) is 23.6 Å². The average Bonchev–Trinajstić information content (AvgIpc) is 2.42. The number of hydrogen-bond donors (Lipinski definition) is 0. The lowest BCUT2D eigenvalue weighted by Crippen LogP contribution is -1.81. The Hall–Kier alpha value is -2.08. The summed E-state index contributed by atoms with van der Waals surface area (Å²) in [6.07, 6.45) is 6.46. The molecule has 0 aliphatic rings. The fraction of sp³-hybridized carbons (Fsp3) is 0.111. The summed E-state index contributed by atoms with van der Waals surface area (Å²) < 4.78 is 0. The molecule has 0 heterocycles. The molecule has 0 nitrogen and oxygen atoms in total. The molecule has 0 fully saturated rings. The summed E-state index contributed by atoms with van der Waals surface area (Å²) in [5, 5.41) is 0. The molecule has 0 bridgehead atoms. The van der Waals surface area contributed by atoms with Gasteiger partial charge in [0.2, 0.25) is 0 Å². The fourth-order valence-electron chi connectivity index (χ4n) is 1.86. The molecule has 0 N–H and O–H groups in total. The Kier molecular flexibility index (Phi) is 4.14. The van der Waals surface area contributed by atoms with Crippen LogP contribution in [0.4, 0.5) is 0 Å². The quantitative estimate of drug-likeness (QED) is 0.647. The zero-order chi connectivity index (χ0) is 12.8. The second kappa shape index (κ2) is 6.02. The molecular formula is C18H18. The fourth-order valence-corrected chi connectivity index (χ4v) is 1.86. The first-order chi connectivity index (χ1) is 8.79. The third kappa shape index (κ3) is 3.21. The van der Waals surface area contributed by atoms with Gasteiger partial charge in [0.15, 0.2) is 0 Å². The Morgan fingerprint density at radius 3 is 2.17 bits per heavy atom. The van der Waals surface area contributed by atoms with Crippen LogP contribution in [-0.4, -0.2) is 0 Å². The van der Waals surface area contributed by atoms with Crippen LogP contribution < -0.4 is 0 Å². The van der Waals surface area contributed by atoms with Crippen molar-refractivity contribution in [1.29, 1.82) is 0 Å². The van der Waals surface area contributed by atoms with E-state index in [1.807, 2.05) is 6.07 Å². The highest BCUT2D eigenvalue weighted by Gasteiger charge is 1.96. The first-order valence-corrected chi connectivity index (χ1v) is 6.26. The predicted octanol–water partition coefficient (Wildman–Crippen LogP) is 5.11. The SMILES string of the molecule is C/C=C(\C=C/c1ccccc1)c1ccc(C)cc1. The van der Waals surface area contributed by atoms with Crippen molar-refractivity contribution in [2.75, 3.05) is 0 Å². The highest BCUT2D eigenvalue weighted by molar-refractivity contribution is 5.78. The number of hydrogen-bond acceptors (Lipinski definition) is 0. The van der Waals surface area contributed by atoms with Crippen molar-refractivity contribution in [3.8, 4) is 0 Å². The molecule has 0 aliphatic heterocycles. The largest absolute Gasteiger partial charge is 0.0798 e. The Labute approximate surface area is 109 Å². The van der Waals surface area contributed by atoms with Gasteiger partial charge in [-0.3, -0.25) is 0 Å². The van der Waals surface area contributed by atoms with Crippen molar-refractivity contribution in [3.05, 3.63) is 83.4 Å².